The summed E-state index contributed by atoms with van der Waals surface area (Å²) in [5.74, 6) is 5.06. The first-order valence-electron chi connectivity index (χ1n) is 15.0. The van der Waals surface area contributed by atoms with Crippen LogP contribution in [-0.4, -0.2) is 30.9 Å². The average molecular weight is 774 g/mol. The van der Waals surface area contributed by atoms with Crippen molar-refractivity contribution < 1.29 is 9.53 Å². The second-order valence-corrected chi connectivity index (χ2v) is 18.8. The van der Waals surface area contributed by atoms with Gasteiger partial charge in [-0.1, -0.05) is 112 Å². The Morgan fingerprint density at radius 3 is 2.27 bits per heavy atom. The van der Waals surface area contributed by atoms with E-state index in [-0.39, 0.29) is 21.8 Å². The minimum Gasteiger partial charge on any atom is -0.463 e. The van der Waals surface area contributed by atoms with Gasteiger partial charge in [-0.2, -0.15) is 0 Å². The van der Waals surface area contributed by atoms with Crippen LogP contribution in [0.4, 0.5) is 0 Å². The summed E-state index contributed by atoms with van der Waals surface area (Å²) in [6, 6.07) is 0. The Morgan fingerprint density at radius 1 is 1.00 bits per heavy atom. The Hall–Kier alpha value is 1.39. The summed E-state index contributed by atoms with van der Waals surface area (Å²) in [4.78, 5) is 13.2. The molecule has 0 spiro atoms. The van der Waals surface area contributed by atoms with Crippen LogP contribution >= 0.6 is 63.7 Å². The SMILES string of the molecule is CC[C@H](C(C)C)[C@H](Br)[C@H](Br)[C@H](C)[C@@H]1CC[C@@H]2[C@H]3C[C@H](Br)[C@@]4(Br)C[C@@H](OC(C)=O)CC[C@]4(C)[C@@H]3CC[C@@]21C. The molecular weight excluding hydrogens is 724 g/mol. The highest BCUT2D eigenvalue weighted by molar-refractivity contribution is 9.12. The standard InChI is InChI=1S/C31H50Br4O2/c1-8-21(17(2)3)28(34)27(33)18(4)23-9-10-24-22-15-26(32)31(35)16-20(37-19(5)36)11-14-30(31,7)25(22)12-13-29(23,24)6/h17-18,20-28H,8-16H2,1-7H3/t18-,20+,21-,22-,23+,24-,25-,26+,27-,28+,29-,30-,31+/m1/s1. The Balaban J connectivity index is 1.54. The summed E-state index contributed by atoms with van der Waals surface area (Å²) in [7, 11) is 0. The monoisotopic (exact) mass is 770 g/mol. The molecule has 0 amide bonds. The Labute approximate surface area is 260 Å². The minimum absolute atomic E-state index is 0.00524. The van der Waals surface area contributed by atoms with E-state index in [1.165, 1.54) is 38.5 Å². The Bertz CT molecular complexity index is 836. The zero-order valence-corrected chi connectivity index (χ0v) is 30.4. The largest absolute Gasteiger partial charge is 0.463 e. The van der Waals surface area contributed by atoms with Crippen LogP contribution in [0.3, 0.4) is 0 Å². The van der Waals surface area contributed by atoms with E-state index in [1.807, 2.05) is 0 Å². The van der Waals surface area contributed by atoms with Crippen molar-refractivity contribution in [1.82, 2.24) is 0 Å². The van der Waals surface area contributed by atoms with Crippen LogP contribution < -0.4 is 0 Å². The number of rotatable bonds is 7. The molecule has 0 bridgehead atoms. The average Bonchev–Trinajstić information content (AvgIpc) is 3.17. The maximum absolute atomic E-state index is 11.7. The van der Waals surface area contributed by atoms with Crippen LogP contribution in [-0.2, 0) is 9.53 Å². The van der Waals surface area contributed by atoms with Crippen molar-refractivity contribution in [3.8, 4) is 0 Å². The highest BCUT2D eigenvalue weighted by Crippen LogP contribution is 2.72. The molecule has 4 rings (SSSR count). The molecule has 0 aromatic rings. The molecule has 37 heavy (non-hydrogen) atoms. The molecule has 0 N–H and O–H groups in total. The smallest absolute Gasteiger partial charge is 0.302 e. The lowest BCUT2D eigenvalue weighted by Gasteiger charge is -2.66. The molecule has 0 aromatic heterocycles. The molecule has 0 heterocycles. The number of ether oxygens (including phenoxy) is 1. The first kappa shape index (κ1) is 31.3. The quantitative estimate of drug-likeness (QED) is 0.190. The van der Waals surface area contributed by atoms with E-state index in [4.69, 9.17) is 4.74 Å². The zero-order chi connectivity index (χ0) is 27.5. The summed E-state index contributed by atoms with van der Waals surface area (Å²) in [5, 5.41) is 0. The third-order valence-corrected chi connectivity index (χ3v) is 19.2. The van der Waals surface area contributed by atoms with Gasteiger partial charge in [-0.25, -0.2) is 0 Å². The third-order valence-electron chi connectivity index (χ3n) is 12.3. The Kier molecular flexibility index (Phi) is 9.80. The highest BCUT2D eigenvalue weighted by Gasteiger charge is 2.67. The van der Waals surface area contributed by atoms with Crippen molar-refractivity contribution in [3.05, 3.63) is 0 Å². The lowest BCUT2D eigenvalue weighted by atomic mass is 9.44. The van der Waals surface area contributed by atoms with Gasteiger partial charge < -0.3 is 4.74 Å². The first-order chi connectivity index (χ1) is 17.2. The Morgan fingerprint density at radius 2 is 1.68 bits per heavy atom. The number of hydrogen-bond acceptors (Lipinski definition) is 2. The molecule has 4 fully saturated rings. The molecule has 0 radical (unpaired) electrons. The van der Waals surface area contributed by atoms with Gasteiger partial charge in [-0.15, -0.1) is 0 Å². The van der Waals surface area contributed by atoms with E-state index < -0.39 is 0 Å². The van der Waals surface area contributed by atoms with Crippen LogP contribution in [0, 0.1) is 52.3 Å². The predicted octanol–water partition coefficient (Wildman–Crippen LogP) is 10.3. The second-order valence-electron chi connectivity index (χ2n) is 14.1. The molecule has 2 nitrogen and oxygen atoms in total. The van der Waals surface area contributed by atoms with Crippen molar-refractivity contribution >= 4 is 69.7 Å². The predicted molar refractivity (Wildman–Crippen MR) is 170 cm³/mol. The number of hydrogen-bond donors (Lipinski definition) is 0. The molecule has 0 aromatic carbocycles. The van der Waals surface area contributed by atoms with Gasteiger partial charge in [0.05, 0.1) is 0 Å². The van der Waals surface area contributed by atoms with E-state index in [0.717, 1.165) is 42.9 Å². The fourth-order valence-corrected chi connectivity index (χ4v) is 14.6. The van der Waals surface area contributed by atoms with Crippen molar-refractivity contribution in [2.45, 2.75) is 131 Å². The lowest BCUT2D eigenvalue weighted by molar-refractivity contribution is -0.155. The molecule has 4 aliphatic rings. The van der Waals surface area contributed by atoms with Crippen molar-refractivity contribution in [2.24, 2.45) is 52.3 Å². The summed E-state index contributed by atoms with van der Waals surface area (Å²) in [5.41, 5.74) is 0.666. The fourth-order valence-electron chi connectivity index (χ4n) is 10.2. The normalized spacial score (nSPS) is 46.8. The molecule has 0 saturated heterocycles. The summed E-state index contributed by atoms with van der Waals surface area (Å²) in [6.45, 7) is 16.4. The molecular formula is C31H50Br4O2. The van der Waals surface area contributed by atoms with Gasteiger partial charge in [0.15, 0.2) is 0 Å². The number of alkyl halides is 4. The maximum Gasteiger partial charge on any atom is 0.302 e. The van der Waals surface area contributed by atoms with E-state index in [1.54, 1.807) is 6.92 Å². The number of fused-ring (bicyclic) bond motifs is 5. The van der Waals surface area contributed by atoms with Crippen LogP contribution in [0.1, 0.15) is 106 Å². The molecule has 6 heteroatoms. The van der Waals surface area contributed by atoms with Crippen LogP contribution in [0.2, 0.25) is 0 Å². The van der Waals surface area contributed by atoms with Gasteiger partial charge >= 0.3 is 5.97 Å². The van der Waals surface area contributed by atoms with Gasteiger partial charge in [-0.05, 0) is 97.2 Å². The lowest BCUT2D eigenvalue weighted by Crippen LogP contribution is -2.64. The van der Waals surface area contributed by atoms with Gasteiger partial charge in [-0.3, -0.25) is 4.79 Å². The maximum atomic E-state index is 11.7. The number of carbonyl (C=O) groups is 1. The van der Waals surface area contributed by atoms with Gasteiger partial charge in [0.25, 0.3) is 0 Å². The summed E-state index contributed by atoms with van der Waals surface area (Å²) >= 11 is 16.9. The van der Waals surface area contributed by atoms with Crippen molar-refractivity contribution in [1.29, 1.82) is 0 Å². The number of esters is 1. The minimum atomic E-state index is -0.140. The second kappa shape index (κ2) is 11.6. The molecule has 0 unspecified atom stereocenters. The van der Waals surface area contributed by atoms with E-state index in [9.17, 15) is 4.79 Å². The molecule has 4 aliphatic carbocycles. The van der Waals surface area contributed by atoms with Crippen LogP contribution in [0.15, 0.2) is 0 Å². The first-order valence-corrected chi connectivity index (χ1v) is 18.5. The van der Waals surface area contributed by atoms with E-state index >= 15 is 0 Å². The summed E-state index contributed by atoms with van der Waals surface area (Å²) in [6.07, 6.45) is 11.1. The van der Waals surface area contributed by atoms with Gasteiger partial charge in [0.1, 0.15) is 6.10 Å². The zero-order valence-electron chi connectivity index (χ0n) is 24.0. The third kappa shape index (κ3) is 5.26. The van der Waals surface area contributed by atoms with Crippen molar-refractivity contribution in [3.63, 3.8) is 0 Å². The highest BCUT2D eigenvalue weighted by atomic mass is 79.9. The summed E-state index contributed by atoms with van der Waals surface area (Å²) < 4.78 is 5.74. The number of halogens is 4. The van der Waals surface area contributed by atoms with E-state index in [0.29, 0.717) is 37.7 Å². The van der Waals surface area contributed by atoms with Crippen molar-refractivity contribution in [2.75, 3.05) is 0 Å². The topological polar surface area (TPSA) is 26.3 Å². The molecule has 0 aliphatic heterocycles. The number of carbonyl (C=O) groups excluding carboxylic acids is 1. The van der Waals surface area contributed by atoms with Gasteiger partial charge in [0.2, 0.25) is 0 Å². The van der Waals surface area contributed by atoms with E-state index in [2.05, 4.69) is 105 Å². The van der Waals surface area contributed by atoms with Gasteiger partial charge in [0, 0.05) is 32.2 Å². The molecule has 13 atom stereocenters. The fraction of sp³-hybridized carbons (Fsp3) is 0.968. The van der Waals surface area contributed by atoms with Crippen LogP contribution in [0.5, 0.6) is 0 Å². The van der Waals surface area contributed by atoms with Crippen LogP contribution in [0.25, 0.3) is 0 Å². The molecule has 214 valence electrons. The molecule has 4 saturated carbocycles.